The number of hydrogen-bond donors (Lipinski definition) is 1. The van der Waals surface area contributed by atoms with E-state index in [1.807, 2.05) is 0 Å². The zero-order valence-electron chi connectivity index (χ0n) is 14.2. The van der Waals surface area contributed by atoms with E-state index in [0.29, 0.717) is 18.4 Å². The van der Waals surface area contributed by atoms with Crippen molar-refractivity contribution in [3.63, 3.8) is 0 Å². The van der Waals surface area contributed by atoms with Crippen LogP contribution >= 0.6 is 0 Å². The lowest BCUT2D eigenvalue weighted by atomic mass is 9.93. The third-order valence-electron chi connectivity index (χ3n) is 4.52. The summed E-state index contributed by atoms with van der Waals surface area (Å²) in [4.78, 5) is 16.2. The van der Waals surface area contributed by atoms with Gasteiger partial charge in [-0.15, -0.1) is 0 Å². The van der Waals surface area contributed by atoms with Crippen molar-refractivity contribution in [3.8, 4) is 11.4 Å². The van der Waals surface area contributed by atoms with Crippen molar-refractivity contribution in [2.24, 2.45) is 0 Å². The molecule has 134 valence electrons. The highest BCUT2D eigenvalue weighted by molar-refractivity contribution is 5.76. The molecular formula is C18H22FN3O3. The second-order valence-electron chi connectivity index (χ2n) is 6.27. The van der Waals surface area contributed by atoms with Crippen LogP contribution in [0.3, 0.4) is 0 Å². The van der Waals surface area contributed by atoms with Crippen LogP contribution in [0.15, 0.2) is 28.8 Å². The Morgan fingerprint density at radius 1 is 1.32 bits per heavy atom. The second-order valence-corrected chi connectivity index (χ2v) is 6.27. The van der Waals surface area contributed by atoms with Crippen molar-refractivity contribution in [3.05, 3.63) is 36.0 Å². The molecule has 0 radical (unpaired) electrons. The molecule has 1 fully saturated rings. The van der Waals surface area contributed by atoms with E-state index in [1.54, 1.807) is 25.3 Å². The standard InChI is InChI=1S/C18H22FN3O3/c1-24-13-8-6-12(7-9-13)20-16(23)10-11-17-21-18(22-25-17)14-4-2-3-5-15(14)19/h2-5,12-13H,6-11H2,1H3,(H,20,23). The maximum Gasteiger partial charge on any atom is 0.227 e. The Hall–Kier alpha value is -2.28. The molecule has 1 aromatic heterocycles. The van der Waals surface area contributed by atoms with Crippen molar-refractivity contribution in [1.29, 1.82) is 0 Å². The van der Waals surface area contributed by atoms with Gasteiger partial charge in [0.15, 0.2) is 0 Å². The Kier molecular flexibility index (Phi) is 5.75. The van der Waals surface area contributed by atoms with Crippen molar-refractivity contribution in [1.82, 2.24) is 15.5 Å². The number of hydrogen-bond acceptors (Lipinski definition) is 5. The predicted molar refractivity (Wildman–Crippen MR) is 89.2 cm³/mol. The van der Waals surface area contributed by atoms with Crippen molar-refractivity contribution >= 4 is 5.91 Å². The van der Waals surface area contributed by atoms with Gasteiger partial charge in [-0.2, -0.15) is 4.98 Å². The zero-order valence-corrected chi connectivity index (χ0v) is 14.2. The molecule has 3 rings (SSSR count). The van der Waals surface area contributed by atoms with E-state index in [-0.39, 0.29) is 29.8 Å². The topological polar surface area (TPSA) is 77.2 Å². The molecule has 1 aliphatic carbocycles. The molecule has 0 aliphatic heterocycles. The average molecular weight is 347 g/mol. The van der Waals surface area contributed by atoms with Crippen LogP contribution in [0.1, 0.15) is 38.0 Å². The van der Waals surface area contributed by atoms with Crippen molar-refractivity contribution in [2.45, 2.75) is 50.7 Å². The number of benzene rings is 1. The first-order valence-corrected chi connectivity index (χ1v) is 8.55. The van der Waals surface area contributed by atoms with Gasteiger partial charge in [0.05, 0.1) is 11.7 Å². The summed E-state index contributed by atoms with van der Waals surface area (Å²) in [5.41, 5.74) is 0.289. The Balaban J connectivity index is 1.48. The minimum Gasteiger partial charge on any atom is -0.381 e. The summed E-state index contributed by atoms with van der Waals surface area (Å²) in [6.45, 7) is 0. The Morgan fingerprint density at radius 3 is 2.80 bits per heavy atom. The fraction of sp³-hybridized carbons (Fsp3) is 0.500. The molecule has 1 heterocycles. The fourth-order valence-corrected chi connectivity index (χ4v) is 3.07. The fourth-order valence-electron chi connectivity index (χ4n) is 3.07. The van der Waals surface area contributed by atoms with Gasteiger partial charge in [-0.25, -0.2) is 4.39 Å². The largest absolute Gasteiger partial charge is 0.381 e. The SMILES string of the molecule is COC1CCC(NC(=O)CCc2nc(-c3ccccc3F)no2)CC1. The smallest absolute Gasteiger partial charge is 0.227 e. The quantitative estimate of drug-likeness (QED) is 0.869. The lowest BCUT2D eigenvalue weighted by Gasteiger charge is -2.28. The van der Waals surface area contributed by atoms with Crippen LogP contribution in [0, 0.1) is 5.82 Å². The van der Waals surface area contributed by atoms with Crippen LogP contribution in [-0.2, 0) is 16.0 Å². The van der Waals surface area contributed by atoms with E-state index in [4.69, 9.17) is 9.26 Å². The Labute approximate surface area is 145 Å². The average Bonchev–Trinajstić information content (AvgIpc) is 3.10. The highest BCUT2D eigenvalue weighted by Crippen LogP contribution is 2.21. The summed E-state index contributed by atoms with van der Waals surface area (Å²) in [5.74, 6) is 0.0913. The minimum atomic E-state index is -0.403. The molecule has 1 saturated carbocycles. The summed E-state index contributed by atoms with van der Waals surface area (Å²) < 4.78 is 24.2. The van der Waals surface area contributed by atoms with E-state index in [0.717, 1.165) is 25.7 Å². The molecule has 0 unspecified atom stereocenters. The Morgan fingerprint density at radius 2 is 2.08 bits per heavy atom. The van der Waals surface area contributed by atoms with E-state index >= 15 is 0 Å². The third-order valence-corrected chi connectivity index (χ3v) is 4.52. The van der Waals surface area contributed by atoms with Crippen molar-refractivity contribution in [2.75, 3.05) is 7.11 Å². The lowest BCUT2D eigenvalue weighted by Crippen LogP contribution is -2.39. The zero-order chi connectivity index (χ0) is 17.6. The van der Waals surface area contributed by atoms with Gasteiger partial charge in [-0.1, -0.05) is 17.3 Å². The van der Waals surface area contributed by atoms with E-state index in [2.05, 4.69) is 15.5 Å². The number of aryl methyl sites for hydroxylation is 1. The van der Waals surface area contributed by atoms with Crippen molar-refractivity contribution < 1.29 is 18.4 Å². The maximum absolute atomic E-state index is 13.7. The maximum atomic E-state index is 13.7. The van der Waals surface area contributed by atoms with Crippen LogP contribution in [0.5, 0.6) is 0 Å². The first-order chi connectivity index (χ1) is 12.2. The highest BCUT2D eigenvalue weighted by atomic mass is 19.1. The van der Waals surface area contributed by atoms with Crippen LogP contribution < -0.4 is 5.32 Å². The molecule has 1 amide bonds. The number of aromatic nitrogens is 2. The van der Waals surface area contributed by atoms with Crippen LogP contribution in [0.2, 0.25) is 0 Å². The number of ether oxygens (including phenoxy) is 1. The number of methoxy groups -OCH3 is 1. The molecule has 1 aliphatic rings. The summed E-state index contributed by atoms with van der Waals surface area (Å²) in [6.07, 6.45) is 4.71. The summed E-state index contributed by atoms with van der Waals surface area (Å²) >= 11 is 0. The molecule has 0 atom stereocenters. The normalized spacial score (nSPS) is 20.4. The monoisotopic (exact) mass is 347 g/mol. The molecule has 1 N–H and O–H groups in total. The van der Waals surface area contributed by atoms with E-state index in [1.165, 1.54) is 6.07 Å². The summed E-state index contributed by atoms with van der Waals surface area (Å²) in [5, 5.41) is 6.82. The lowest BCUT2D eigenvalue weighted by molar-refractivity contribution is -0.122. The summed E-state index contributed by atoms with van der Waals surface area (Å²) in [6, 6.07) is 6.45. The molecule has 25 heavy (non-hydrogen) atoms. The van der Waals surface area contributed by atoms with Gasteiger partial charge in [0, 0.05) is 26.0 Å². The van der Waals surface area contributed by atoms with Gasteiger partial charge in [0.1, 0.15) is 5.82 Å². The number of nitrogens with one attached hydrogen (secondary N) is 1. The van der Waals surface area contributed by atoms with Crippen LogP contribution in [-0.4, -0.2) is 35.3 Å². The molecule has 0 saturated heterocycles. The number of nitrogens with zero attached hydrogens (tertiary/aromatic N) is 2. The molecular weight excluding hydrogens is 325 g/mol. The first kappa shape index (κ1) is 17.5. The van der Waals surface area contributed by atoms with E-state index in [9.17, 15) is 9.18 Å². The van der Waals surface area contributed by atoms with Gasteiger partial charge in [-0.05, 0) is 37.8 Å². The number of halogens is 1. The Bertz CT molecular complexity index is 711. The summed E-state index contributed by atoms with van der Waals surface area (Å²) in [7, 11) is 1.73. The molecule has 2 aromatic rings. The van der Waals surface area contributed by atoms with Crippen LogP contribution in [0.4, 0.5) is 4.39 Å². The van der Waals surface area contributed by atoms with Crippen LogP contribution in [0.25, 0.3) is 11.4 Å². The molecule has 0 bridgehead atoms. The number of carbonyl (C=O) groups is 1. The third kappa shape index (κ3) is 4.63. The second kappa shape index (κ2) is 8.20. The molecule has 0 spiro atoms. The molecule has 1 aromatic carbocycles. The van der Waals surface area contributed by atoms with Gasteiger partial charge < -0.3 is 14.6 Å². The highest BCUT2D eigenvalue weighted by Gasteiger charge is 2.22. The first-order valence-electron chi connectivity index (χ1n) is 8.55. The predicted octanol–water partition coefficient (Wildman–Crippen LogP) is 2.88. The van der Waals surface area contributed by atoms with Gasteiger partial charge in [-0.3, -0.25) is 4.79 Å². The molecule has 6 nitrogen and oxygen atoms in total. The van der Waals surface area contributed by atoms with Gasteiger partial charge in [0.2, 0.25) is 17.6 Å². The van der Waals surface area contributed by atoms with E-state index < -0.39 is 5.82 Å². The number of amides is 1. The minimum absolute atomic E-state index is 0.0356. The molecule has 7 heteroatoms. The van der Waals surface area contributed by atoms with Gasteiger partial charge >= 0.3 is 0 Å². The van der Waals surface area contributed by atoms with Gasteiger partial charge in [0.25, 0.3) is 0 Å². The number of carbonyl (C=O) groups excluding carboxylic acids is 1. The number of rotatable bonds is 6.